The van der Waals surface area contributed by atoms with Gasteiger partial charge in [0.05, 0.1) is 5.56 Å². The topological polar surface area (TPSA) is 50.3 Å². The average Bonchev–Trinajstić information content (AvgIpc) is 3.12. The van der Waals surface area contributed by atoms with E-state index in [0.717, 1.165) is 31.2 Å². The molecular weight excluding hydrogens is 332 g/mol. The minimum absolute atomic E-state index is 0.00430. The SMILES string of the molecule is O=C(c1cccnc1)C1CCN(C(=O)c2csc3c2CCCC3)CC1. The largest absolute Gasteiger partial charge is 0.339 e. The number of fused-ring (bicyclic) bond motifs is 1. The van der Waals surface area contributed by atoms with E-state index in [1.165, 1.54) is 23.3 Å². The van der Waals surface area contributed by atoms with E-state index in [0.29, 0.717) is 18.7 Å². The van der Waals surface area contributed by atoms with Gasteiger partial charge >= 0.3 is 0 Å². The highest BCUT2D eigenvalue weighted by molar-refractivity contribution is 7.10. The lowest BCUT2D eigenvalue weighted by Crippen LogP contribution is -2.40. The lowest BCUT2D eigenvalue weighted by molar-refractivity contribution is 0.0649. The van der Waals surface area contributed by atoms with Crippen molar-refractivity contribution >= 4 is 23.0 Å². The van der Waals surface area contributed by atoms with Crippen molar-refractivity contribution in [3.63, 3.8) is 0 Å². The first-order chi connectivity index (χ1) is 12.2. The van der Waals surface area contributed by atoms with Crippen molar-refractivity contribution < 1.29 is 9.59 Å². The van der Waals surface area contributed by atoms with Gasteiger partial charge in [-0.1, -0.05) is 0 Å². The van der Waals surface area contributed by atoms with Gasteiger partial charge < -0.3 is 4.90 Å². The first kappa shape index (κ1) is 16.5. The maximum atomic E-state index is 12.9. The van der Waals surface area contributed by atoms with Crippen LogP contribution >= 0.6 is 11.3 Å². The Hall–Kier alpha value is -2.01. The van der Waals surface area contributed by atoms with Gasteiger partial charge in [-0.3, -0.25) is 14.6 Å². The Morgan fingerprint density at radius 3 is 2.72 bits per heavy atom. The number of ketones is 1. The Morgan fingerprint density at radius 2 is 1.96 bits per heavy atom. The van der Waals surface area contributed by atoms with Gasteiger partial charge in [-0.05, 0) is 56.2 Å². The van der Waals surface area contributed by atoms with Crippen molar-refractivity contribution in [1.82, 2.24) is 9.88 Å². The zero-order valence-corrected chi connectivity index (χ0v) is 15.1. The highest BCUT2D eigenvalue weighted by atomic mass is 32.1. The van der Waals surface area contributed by atoms with Gasteiger partial charge in [-0.25, -0.2) is 0 Å². The molecule has 4 nitrogen and oxygen atoms in total. The number of hydrogen-bond acceptors (Lipinski definition) is 4. The third kappa shape index (κ3) is 3.25. The summed E-state index contributed by atoms with van der Waals surface area (Å²) in [5, 5.41) is 2.05. The fourth-order valence-corrected chi connectivity index (χ4v) is 5.05. The van der Waals surface area contributed by atoms with Crippen molar-refractivity contribution in [2.45, 2.75) is 38.5 Å². The molecule has 130 valence electrons. The van der Waals surface area contributed by atoms with E-state index < -0.39 is 0 Å². The molecule has 0 N–H and O–H groups in total. The normalized spacial score (nSPS) is 18.0. The van der Waals surface area contributed by atoms with Gasteiger partial charge in [0.25, 0.3) is 5.91 Å². The quantitative estimate of drug-likeness (QED) is 0.789. The number of thiophene rings is 1. The number of Topliss-reactive ketones (excluding diaryl/α,β-unsaturated/α-hetero) is 1. The Morgan fingerprint density at radius 1 is 1.16 bits per heavy atom. The van der Waals surface area contributed by atoms with Crippen LogP contribution in [0, 0.1) is 5.92 Å². The molecule has 1 amide bonds. The summed E-state index contributed by atoms with van der Waals surface area (Å²) in [4.78, 5) is 32.8. The predicted octanol–water partition coefficient (Wildman–Crippen LogP) is 3.76. The fourth-order valence-electron chi connectivity index (χ4n) is 3.93. The molecule has 0 saturated carbocycles. The van der Waals surface area contributed by atoms with E-state index in [2.05, 4.69) is 4.98 Å². The molecule has 2 aromatic heterocycles. The number of nitrogens with zero attached hydrogens (tertiary/aromatic N) is 2. The summed E-state index contributed by atoms with van der Waals surface area (Å²) in [5.41, 5.74) is 2.88. The molecule has 1 aliphatic heterocycles. The zero-order valence-electron chi connectivity index (χ0n) is 14.2. The highest BCUT2D eigenvalue weighted by Gasteiger charge is 2.30. The van der Waals surface area contributed by atoms with Crippen molar-refractivity contribution in [1.29, 1.82) is 0 Å². The van der Waals surface area contributed by atoms with Crippen LogP contribution in [0.1, 0.15) is 56.8 Å². The third-order valence-electron chi connectivity index (χ3n) is 5.39. The van der Waals surface area contributed by atoms with Crippen LogP contribution in [0.2, 0.25) is 0 Å². The van der Waals surface area contributed by atoms with Crippen molar-refractivity contribution in [3.05, 3.63) is 51.5 Å². The van der Waals surface area contributed by atoms with Crippen LogP contribution in [0.25, 0.3) is 0 Å². The smallest absolute Gasteiger partial charge is 0.254 e. The number of likely N-dealkylation sites (tertiary alicyclic amines) is 1. The van der Waals surface area contributed by atoms with Crippen LogP contribution in [0.15, 0.2) is 29.9 Å². The zero-order chi connectivity index (χ0) is 17.2. The van der Waals surface area contributed by atoms with Gasteiger partial charge in [-0.2, -0.15) is 0 Å². The monoisotopic (exact) mass is 354 g/mol. The number of aromatic nitrogens is 1. The van der Waals surface area contributed by atoms with Crippen molar-refractivity contribution in [3.8, 4) is 0 Å². The van der Waals surface area contributed by atoms with Crippen LogP contribution < -0.4 is 0 Å². The van der Waals surface area contributed by atoms with Crippen LogP contribution in [-0.4, -0.2) is 34.7 Å². The molecule has 1 aliphatic carbocycles. The molecule has 2 aromatic rings. The van der Waals surface area contributed by atoms with Crippen molar-refractivity contribution in [2.24, 2.45) is 5.92 Å². The van der Waals surface area contributed by atoms with Gasteiger partial charge in [-0.15, -0.1) is 11.3 Å². The Kier molecular flexibility index (Phi) is 4.66. The van der Waals surface area contributed by atoms with Gasteiger partial charge in [0.2, 0.25) is 0 Å². The van der Waals surface area contributed by atoms with Crippen LogP contribution in [0.3, 0.4) is 0 Å². The second kappa shape index (κ2) is 7.08. The molecule has 0 spiro atoms. The van der Waals surface area contributed by atoms with E-state index in [4.69, 9.17) is 0 Å². The molecule has 25 heavy (non-hydrogen) atoms. The van der Waals surface area contributed by atoms with Crippen LogP contribution in [-0.2, 0) is 12.8 Å². The van der Waals surface area contributed by atoms with E-state index in [9.17, 15) is 9.59 Å². The second-order valence-corrected chi connectivity index (χ2v) is 7.89. The molecule has 0 atom stereocenters. The summed E-state index contributed by atoms with van der Waals surface area (Å²) >= 11 is 1.74. The number of rotatable bonds is 3. The maximum absolute atomic E-state index is 12.9. The molecular formula is C20H22N2O2S. The average molecular weight is 354 g/mol. The summed E-state index contributed by atoms with van der Waals surface area (Å²) < 4.78 is 0. The van der Waals surface area contributed by atoms with Gasteiger partial charge in [0.15, 0.2) is 5.78 Å². The first-order valence-electron chi connectivity index (χ1n) is 9.07. The van der Waals surface area contributed by atoms with Crippen LogP contribution in [0.4, 0.5) is 0 Å². The standard InChI is InChI=1S/C20H22N2O2S/c23-19(15-4-3-9-21-12-15)14-7-10-22(11-8-14)20(24)17-13-25-18-6-2-1-5-16(17)18/h3-4,9,12-14H,1-2,5-8,10-11H2. The minimum Gasteiger partial charge on any atom is -0.339 e. The van der Waals surface area contributed by atoms with E-state index in [1.807, 2.05) is 16.3 Å². The number of amides is 1. The number of hydrogen-bond donors (Lipinski definition) is 0. The molecule has 0 radical (unpaired) electrons. The lowest BCUT2D eigenvalue weighted by atomic mass is 9.89. The summed E-state index contributed by atoms with van der Waals surface area (Å²) in [6.45, 7) is 1.33. The Bertz CT molecular complexity index is 776. The Labute approximate surface area is 151 Å². The van der Waals surface area contributed by atoms with Crippen molar-refractivity contribution in [2.75, 3.05) is 13.1 Å². The maximum Gasteiger partial charge on any atom is 0.254 e. The van der Waals surface area contributed by atoms with Gasteiger partial charge in [0, 0.05) is 47.2 Å². The number of carbonyl (C=O) groups is 2. The first-order valence-corrected chi connectivity index (χ1v) is 9.95. The molecule has 1 saturated heterocycles. The number of carbonyl (C=O) groups excluding carboxylic acids is 2. The number of piperidine rings is 1. The predicted molar refractivity (Wildman–Crippen MR) is 98.2 cm³/mol. The summed E-state index contributed by atoms with van der Waals surface area (Å²) in [6, 6.07) is 3.62. The molecule has 2 aliphatic rings. The molecule has 0 unspecified atom stereocenters. The van der Waals surface area contributed by atoms with Gasteiger partial charge in [0.1, 0.15) is 0 Å². The molecule has 0 aromatic carbocycles. The summed E-state index contributed by atoms with van der Waals surface area (Å²) in [6.07, 6.45) is 9.38. The molecule has 4 rings (SSSR count). The molecule has 3 heterocycles. The highest BCUT2D eigenvalue weighted by Crippen LogP contribution is 2.32. The van der Waals surface area contributed by atoms with E-state index in [1.54, 1.807) is 29.8 Å². The second-order valence-electron chi connectivity index (χ2n) is 6.93. The van der Waals surface area contributed by atoms with Crippen LogP contribution in [0.5, 0.6) is 0 Å². The Balaban J connectivity index is 1.41. The van der Waals surface area contributed by atoms with E-state index in [-0.39, 0.29) is 17.6 Å². The molecule has 1 fully saturated rings. The fraction of sp³-hybridized carbons (Fsp3) is 0.450. The van der Waals surface area contributed by atoms with E-state index >= 15 is 0 Å². The summed E-state index contributed by atoms with van der Waals surface area (Å²) in [5.74, 6) is 0.324. The number of aryl methyl sites for hydroxylation is 1. The lowest BCUT2D eigenvalue weighted by Gasteiger charge is -2.31. The number of pyridine rings is 1. The summed E-state index contributed by atoms with van der Waals surface area (Å²) in [7, 11) is 0. The third-order valence-corrected chi connectivity index (χ3v) is 6.48. The minimum atomic E-state index is 0.00430. The molecule has 5 heteroatoms. The molecule has 0 bridgehead atoms.